The van der Waals surface area contributed by atoms with Crippen LogP contribution in [0.1, 0.15) is 26.7 Å². The van der Waals surface area contributed by atoms with Gasteiger partial charge in [-0.05, 0) is 13.8 Å². The standard InChI is InChI=1S/C8H16O10P2/c1-3-15-19(11,12)17-7(9)5-6-8(10)18-20(13,14)16-4-2/h3-6H2,1-2H3,(H,11,12)(H,13,14). The minimum absolute atomic E-state index is 0.148. The molecular weight excluding hydrogens is 318 g/mol. The molecule has 12 heteroatoms. The summed E-state index contributed by atoms with van der Waals surface area (Å²) in [7, 11) is -8.98. The van der Waals surface area contributed by atoms with Gasteiger partial charge in [0.1, 0.15) is 0 Å². The first-order valence-electron chi connectivity index (χ1n) is 5.51. The van der Waals surface area contributed by atoms with Gasteiger partial charge in [-0.1, -0.05) is 0 Å². The minimum atomic E-state index is -4.49. The van der Waals surface area contributed by atoms with Crippen LogP contribution in [0.15, 0.2) is 0 Å². The van der Waals surface area contributed by atoms with Crippen molar-refractivity contribution in [3.63, 3.8) is 0 Å². The maximum Gasteiger partial charge on any atom is 0.529 e. The summed E-state index contributed by atoms with van der Waals surface area (Å²) in [5.74, 6) is -2.38. The molecular formula is C8H16O10P2. The number of carbonyl (C=O) groups is 2. The van der Waals surface area contributed by atoms with Crippen molar-refractivity contribution in [1.82, 2.24) is 0 Å². The SMILES string of the molecule is CCOP(=O)(O)OC(=O)CCC(=O)OP(=O)(O)OCC. The molecule has 2 unspecified atom stereocenters. The van der Waals surface area contributed by atoms with Crippen LogP contribution in [-0.4, -0.2) is 34.9 Å². The topological polar surface area (TPSA) is 146 Å². The third kappa shape index (κ3) is 9.19. The van der Waals surface area contributed by atoms with Crippen molar-refractivity contribution in [2.45, 2.75) is 26.7 Å². The van der Waals surface area contributed by atoms with E-state index in [4.69, 9.17) is 9.79 Å². The van der Waals surface area contributed by atoms with Gasteiger partial charge in [-0.2, -0.15) is 0 Å². The largest absolute Gasteiger partial charge is 0.529 e. The highest BCUT2D eigenvalue weighted by molar-refractivity contribution is 7.48. The first kappa shape index (κ1) is 19.2. The van der Waals surface area contributed by atoms with Crippen molar-refractivity contribution in [2.24, 2.45) is 0 Å². The van der Waals surface area contributed by atoms with E-state index in [0.29, 0.717) is 0 Å². The fourth-order valence-corrected chi connectivity index (χ4v) is 2.39. The van der Waals surface area contributed by atoms with Gasteiger partial charge < -0.3 is 9.05 Å². The second-order valence-electron chi connectivity index (χ2n) is 3.20. The van der Waals surface area contributed by atoms with Crippen molar-refractivity contribution in [2.75, 3.05) is 13.2 Å². The Morgan fingerprint density at radius 3 is 1.40 bits per heavy atom. The Morgan fingerprint density at radius 2 is 1.15 bits per heavy atom. The lowest BCUT2D eigenvalue weighted by Crippen LogP contribution is -2.10. The summed E-state index contributed by atoms with van der Waals surface area (Å²) in [5, 5.41) is 0. The Labute approximate surface area is 115 Å². The first-order chi connectivity index (χ1) is 9.12. The molecule has 0 aromatic carbocycles. The Bertz CT molecular complexity index is 393. The van der Waals surface area contributed by atoms with Crippen molar-refractivity contribution in [3.05, 3.63) is 0 Å². The van der Waals surface area contributed by atoms with Crippen molar-refractivity contribution in [3.8, 4) is 0 Å². The van der Waals surface area contributed by atoms with Gasteiger partial charge in [-0.3, -0.25) is 28.4 Å². The number of phosphoric acid groups is 2. The Balaban J connectivity index is 4.16. The number of hydrogen-bond acceptors (Lipinski definition) is 8. The molecule has 0 saturated carbocycles. The average molecular weight is 334 g/mol. The molecule has 0 aliphatic heterocycles. The molecule has 0 fully saturated rings. The number of carbonyl (C=O) groups excluding carboxylic acids is 2. The van der Waals surface area contributed by atoms with Crippen LogP contribution in [0.4, 0.5) is 0 Å². The predicted octanol–water partition coefficient (Wildman–Crippen LogP) is 1.13. The van der Waals surface area contributed by atoms with Gasteiger partial charge in [0.15, 0.2) is 0 Å². The summed E-state index contributed by atoms with van der Waals surface area (Å²) in [4.78, 5) is 40.2. The number of phosphoric ester groups is 2. The van der Waals surface area contributed by atoms with Crippen LogP contribution in [-0.2, 0) is 36.8 Å². The van der Waals surface area contributed by atoms with E-state index in [2.05, 4.69) is 18.1 Å². The molecule has 0 saturated heterocycles. The van der Waals surface area contributed by atoms with Crippen molar-refractivity contribution < 1.29 is 46.6 Å². The molecule has 20 heavy (non-hydrogen) atoms. The zero-order chi connectivity index (χ0) is 15.8. The molecule has 118 valence electrons. The van der Waals surface area contributed by atoms with E-state index in [1.807, 2.05) is 0 Å². The van der Waals surface area contributed by atoms with Gasteiger partial charge >= 0.3 is 27.6 Å². The molecule has 0 aromatic rings. The number of rotatable bonds is 9. The van der Waals surface area contributed by atoms with Gasteiger partial charge in [0.25, 0.3) is 0 Å². The molecule has 0 bridgehead atoms. The van der Waals surface area contributed by atoms with Gasteiger partial charge in [0, 0.05) is 0 Å². The third-order valence-electron chi connectivity index (χ3n) is 1.55. The lowest BCUT2D eigenvalue weighted by atomic mass is 10.3. The third-order valence-corrected chi connectivity index (χ3v) is 3.59. The maximum absolute atomic E-state index is 11.1. The Kier molecular flexibility index (Phi) is 8.19. The van der Waals surface area contributed by atoms with Crippen LogP contribution in [0.2, 0.25) is 0 Å². The predicted molar refractivity (Wildman–Crippen MR) is 64.3 cm³/mol. The van der Waals surface area contributed by atoms with Crippen LogP contribution in [0.25, 0.3) is 0 Å². The van der Waals surface area contributed by atoms with Gasteiger partial charge in [0.2, 0.25) is 0 Å². The van der Waals surface area contributed by atoms with Crippen molar-refractivity contribution >= 4 is 27.6 Å². The highest BCUT2D eigenvalue weighted by atomic mass is 31.2. The van der Waals surface area contributed by atoms with Gasteiger partial charge in [-0.15, -0.1) is 0 Å². The lowest BCUT2D eigenvalue weighted by molar-refractivity contribution is -0.142. The Morgan fingerprint density at radius 1 is 0.850 bits per heavy atom. The fourth-order valence-electron chi connectivity index (χ4n) is 0.932. The molecule has 0 aromatic heterocycles. The normalized spacial score (nSPS) is 16.8. The zero-order valence-electron chi connectivity index (χ0n) is 10.9. The summed E-state index contributed by atoms with van der Waals surface area (Å²) < 4.78 is 38.8. The van der Waals surface area contributed by atoms with Crippen LogP contribution in [0, 0.1) is 0 Å². The lowest BCUT2D eigenvalue weighted by Gasteiger charge is -2.11. The van der Waals surface area contributed by atoms with Gasteiger partial charge in [-0.25, -0.2) is 9.13 Å². The minimum Gasteiger partial charge on any atom is -0.371 e. The number of hydrogen-bond donors (Lipinski definition) is 2. The molecule has 0 aliphatic carbocycles. The summed E-state index contributed by atoms with van der Waals surface area (Å²) in [6.07, 6.45) is -1.24. The summed E-state index contributed by atoms with van der Waals surface area (Å²) >= 11 is 0. The molecule has 0 amide bonds. The van der Waals surface area contributed by atoms with E-state index in [1.54, 1.807) is 0 Å². The van der Waals surface area contributed by atoms with E-state index in [-0.39, 0.29) is 13.2 Å². The molecule has 2 N–H and O–H groups in total. The smallest absolute Gasteiger partial charge is 0.371 e. The summed E-state index contributed by atoms with van der Waals surface area (Å²) in [6.45, 7) is 2.54. The highest BCUT2D eigenvalue weighted by Crippen LogP contribution is 2.44. The van der Waals surface area contributed by atoms with E-state index in [1.165, 1.54) is 13.8 Å². The second-order valence-corrected chi connectivity index (χ2v) is 5.96. The molecule has 0 spiro atoms. The van der Waals surface area contributed by atoms with Crippen LogP contribution < -0.4 is 0 Å². The van der Waals surface area contributed by atoms with Gasteiger partial charge in [0.05, 0.1) is 26.1 Å². The van der Waals surface area contributed by atoms with E-state index < -0.39 is 40.4 Å². The molecule has 0 radical (unpaired) electrons. The molecule has 10 nitrogen and oxygen atoms in total. The van der Waals surface area contributed by atoms with E-state index in [0.717, 1.165) is 0 Å². The molecule has 2 atom stereocenters. The molecule has 0 rings (SSSR count). The van der Waals surface area contributed by atoms with Crippen LogP contribution in [0.3, 0.4) is 0 Å². The van der Waals surface area contributed by atoms with Crippen molar-refractivity contribution in [1.29, 1.82) is 0 Å². The molecule has 0 heterocycles. The summed E-state index contributed by atoms with van der Waals surface area (Å²) in [6, 6.07) is 0. The molecule has 0 aliphatic rings. The average Bonchev–Trinajstić information content (AvgIpc) is 2.24. The zero-order valence-corrected chi connectivity index (χ0v) is 12.7. The second kappa shape index (κ2) is 8.51. The highest BCUT2D eigenvalue weighted by Gasteiger charge is 2.28. The quantitative estimate of drug-likeness (QED) is 0.588. The monoisotopic (exact) mass is 334 g/mol. The van der Waals surface area contributed by atoms with Crippen LogP contribution in [0.5, 0.6) is 0 Å². The Hall–Kier alpha value is -0.760. The van der Waals surface area contributed by atoms with Crippen LogP contribution >= 0.6 is 15.6 Å². The maximum atomic E-state index is 11.1. The fraction of sp³-hybridized carbons (Fsp3) is 0.750. The summed E-state index contributed by atoms with van der Waals surface area (Å²) in [5.41, 5.74) is 0. The van der Waals surface area contributed by atoms with E-state index >= 15 is 0 Å². The first-order valence-corrected chi connectivity index (χ1v) is 8.50. The van der Waals surface area contributed by atoms with E-state index in [9.17, 15) is 18.7 Å².